The second-order valence-corrected chi connectivity index (χ2v) is 5.44. The average molecular weight is 260 g/mol. The van der Waals surface area contributed by atoms with Crippen LogP contribution in [0.25, 0.3) is 0 Å². The largest absolute Gasteiger partial charge is 0.351 e. The fourth-order valence-corrected chi connectivity index (χ4v) is 2.09. The lowest BCUT2D eigenvalue weighted by molar-refractivity contribution is -0.131. The molecule has 0 radical (unpaired) electrons. The van der Waals surface area contributed by atoms with Gasteiger partial charge in [0, 0.05) is 16.4 Å². The van der Waals surface area contributed by atoms with Crippen molar-refractivity contribution in [2.45, 2.75) is 39.0 Å². The Morgan fingerprint density at radius 3 is 2.50 bits per heavy atom. The molecule has 14 heavy (non-hydrogen) atoms. The molecule has 0 aromatic heterocycles. The summed E-state index contributed by atoms with van der Waals surface area (Å²) in [5, 5.41) is 2.91. The Morgan fingerprint density at radius 1 is 1.43 bits per heavy atom. The molecule has 1 saturated carbocycles. The molecule has 1 aliphatic carbocycles. The maximum atomic E-state index is 11.9. The molecule has 3 heteroatoms. The van der Waals surface area contributed by atoms with Crippen LogP contribution in [0.1, 0.15) is 39.0 Å². The summed E-state index contributed by atoms with van der Waals surface area (Å²) in [6.07, 6.45) is 5.67. The number of hydrogen-bond donors (Lipinski definition) is 1. The van der Waals surface area contributed by atoms with Gasteiger partial charge in [-0.05, 0) is 12.8 Å². The van der Waals surface area contributed by atoms with E-state index in [9.17, 15) is 4.79 Å². The van der Waals surface area contributed by atoms with Crippen molar-refractivity contribution >= 4 is 21.8 Å². The summed E-state index contributed by atoms with van der Waals surface area (Å²) >= 11 is 3.24. The monoisotopic (exact) mass is 259 g/mol. The molecule has 0 bridgehead atoms. The first-order chi connectivity index (χ1) is 6.54. The van der Waals surface area contributed by atoms with Gasteiger partial charge in [0.1, 0.15) is 0 Å². The molecule has 0 aliphatic heterocycles. The van der Waals surface area contributed by atoms with Gasteiger partial charge in [-0.15, -0.1) is 0 Å². The van der Waals surface area contributed by atoms with Crippen molar-refractivity contribution in [3.8, 4) is 0 Å². The summed E-state index contributed by atoms with van der Waals surface area (Å²) in [5.41, 5.74) is -0.138. The minimum absolute atomic E-state index is 0.138. The van der Waals surface area contributed by atoms with Crippen molar-refractivity contribution in [2.24, 2.45) is 5.41 Å². The summed E-state index contributed by atoms with van der Waals surface area (Å²) < 4.78 is 0.824. The lowest BCUT2D eigenvalue weighted by Crippen LogP contribution is -2.40. The molecule has 0 atom stereocenters. The molecular formula is C11H18BrNO. The van der Waals surface area contributed by atoms with E-state index in [0.717, 1.165) is 17.3 Å². The van der Waals surface area contributed by atoms with Gasteiger partial charge in [-0.3, -0.25) is 4.79 Å². The van der Waals surface area contributed by atoms with Gasteiger partial charge >= 0.3 is 0 Å². The lowest BCUT2D eigenvalue weighted by Gasteiger charge is -2.31. The van der Waals surface area contributed by atoms with Crippen molar-refractivity contribution in [1.82, 2.24) is 5.32 Å². The Hall–Kier alpha value is -0.310. The van der Waals surface area contributed by atoms with Gasteiger partial charge in [0.05, 0.1) is 0 Å². The molecule has 0 spiro atoms. The highest BCUT2D eigenvalue weighted by Crippen LogP contribution is 2.35. The van der Waals surface area contributed by atoms with E-state index >= 15 is 0 Å². The highest BCUT2D eigenvalue weighted by atomic mass is 79.9. The topological polar surface area (TPSA) is 29.1 Å². The zero-order valence-corrected chi connectivity index (χ0v) is 10.3. The van der Waals surface area contributed by atoms with Gasteiger partial charge in [0.2, 0.25) is 5.91 Å². The Bertz CT molecular complexity index is 231. The van der Waals surface area contributed by atoms with E-state index in [4.69, 9.17) is 0 Å². The van der Waals surface area contributed by atoms with Gasteiger partial charge in [-0.2, -0.15) is 0 Å². The summed E-state index contributed by atoms with van der Waals surface area (Å²) in [6, 6.07) is 0. The van der Waals surface area contributed by atoms with E-state index in [1.54, 1.807) is 0 Å². The smallest absolute Gasteiger partial charge is 0.226 e. The van der Waals surface area contributed by atoms with Crippen LogP contribution in [-0.4, -0.2) is 12.5 Å². The third kappa shape index (κ3) is 3.12. The van der Waals surface area contributed by atoms with Crippen molar-refractivity contribution < 1.29 is 4.79 Å². The highest BCUT2D eigenvalue weighted by Gasteiger charge is 2.33. The first-order valence-electron chi connectivity index (χ1n) is 5.16. The fourth-order valence-electron chi connectivity index (χ4n) is 1.95. The fraction of sp³-hybridized carbons (Fsp3) is 0.727. The number of hydrogen-bond acceptors (Lipinski definition) is 1. The Labute approximate surface area is 94.3 Å². The SMILES string of the molecule is C=C(Br)CNC(=O)C1(C)CCCCC1. The summed E-state index contributed by atoms with van der Waals surface area (Å²) in [6.45, 7) is 6.30. The van der Waals surface area contributed by atoms with Crippen molar-refractivity contribution in [3.63, 3.8) is 0 Å². The summed E-state index contributed by atoms with van der Waals surface area (Å²) in [4.78, 5) is 11.9. The van der Waals surface area contributed by atoms with Crippen LogP contribution < -0.4 is 5.32 Å². The molecule has 0 unspecified atom stereocenters. The average Bonchev–Trinajstić information content (AvgIpc) is 2.15. The normalized spacial score (nSPS) is 20.1. The number of rotatable bonds is 3. The van der Waals surface area contributed by atoms with Crippen molar-refractivity contribution in [3.05, 3.63) is 11.1 Å². The van der Waals surface area contributed by atoms with E-state index in [-0.39, 0.29) is 11.3 Å². The van der Waals surface area contributed by atoms with Crippen molar-refractivity contribution in [1.29, 1.82) is 0 Å². The first kappa shape index (κ1) is 11.8. The van der Waals surface area contributed by atoms with Crippen LogP contribution in [-0.2, 0) is 4.79 Å². The van der Waals surface area contributed by atoms with Gasteiger partial charge in [-0.1, -0.05) is 48.7 Å². The molecule has 0 heterocycles. The number of halogens is 1. The van der Waals surface area contributed by atoms with Crippen LogP contribution in [0.2, 0.25) is 0 Å². The molecule has 1 amide bonds. The zero-order chi connectivity index (χ0) is 10.6. The van der Waals surface area contributed by atoms with E-state index in [0.29, 0.717) is 6.54 Å². The van der Waals surface area contributed by atoms with Gasteiger partial charge < -0.3 is 5.32 Å². The van der Waals surface area contributed by atoms with Crippen molar-refractivity contribution in [2.75, 3.05) is 6.54 Å². The lowest BCUT2D eigenvalue weighted by atomic mass is 9.75. The number of carbonyl (C=O) groups is 1. The Kier molecular flexibility index (Phi) is 4.17. The number of amides is 1. The molecule has 1 rings (SSSR count). The van der Waals surface area contributed by atoms with E-state index in [1.807, 2.05) is 0 Å². The molecule has 1 N–H and O–H groups in total. The van der Waals surface area contributed by atoms with Crippen LogP contribution in [0.4, 0.5) is 0 Å². The van der Waals surface area contributed by atoms with Crippen LogP contribution >= 0.6 is 15.9 Å². The van der Waals surface area contributed by atoms with Gasteiger partial charge in [0.25, 0.3) is 0 Å². The molecule has 80 valence electrons. The molecule has 2 nitrogen and oxygen atoms in total. The predicted octanol–water partition coefficient (Wildman–Crippen LogP) is 2.98. The minimum atomic E-state index is -0.138. The molecule has 0 saturated heterocycles. The minimum Gasteiger partial charge on any atom is -0.351 e. The third-order valence-electron chi connectivity index (χ3n) is 2.95. The quantitative estimate of drug-likeness (QED) is 0.830. The predicted molar refractivity (Wildman–Crippen MR) is 62.3 cm³/mol. The molecule has 1 aliphatic rings. The molecule has 0 aromatic rings. The summed E-state index contributed by atoms with van der Waals surface area (Å²) in [5.74, 6) is 0.179. The highest BCUT2D eigenvalue weighted by molar-refractivity contribution is 9.11. The van der Waals surface area contributed by atoms with Gasteiger partial charge in [0.15, 0.2) is 0 Å². The summed E-state index contributed by atoms with van der Waals surface area (Å²) in [7, 11) is 0. The standard InChI is InChI=1S/C11H18BrNO/c1-9(12)8-13-10(14)11(2)6-4-3-5-7-11/h1,3-8H2,2H3,(H,13,14). The number of carbonyl (C=O) groups excluding carboxylic acids is 1. The number of nitrogens with one attached hydrogen (secondary N) is 1. The van der Waals surface area contributed by atoms with Gasteiger partial charge in [-0.25, -0.2) is 0 Å². The maximum Gasteiger partial charge on any atom is 0.226 e. The maximum absolute atomic E-state index is 11.9. The molecular weight excluding hydrogens is 242 g/mol. The van der Waals surface area contributed by atoms with E-state index < -0.39 is 0 Å². The van der Waals surface area contributed by atoms with Crippen LogP contribution in [0, 0.1) is 5.41 Å². The van der Waals surface area contributed by atoms with E-state index in [1.165, 1.54) is 19.3 Å². The van der Waals surface area contributed by atoms with Crippen LogP contribution in [0.15, 0.2) is 11.1 Å². The zero-order valence-electron chi connectivity index (χ0n) is 8.74. The molecule has 1 fully saturated rings. The van der Waals surface area contributed by atoms with E-state index in [2.05, 4.69) is 34.7 Å². The Balaban J connectivity index is 2.45. The Morgan fingerprint density at radius 2 is 2.00 bits per heavy atom. The molecule has 0 aromatic carbocycles. The van der Waals surface area contributed by atoms with Crippen LogP contribution in [0.5, 0.6) is 0 Å². The third-order valence-corrected chi connectivity index (χ3v) is 3.23. The van der Waals surface area contributed by atoms with Crippen LogP contribution in [0.3, 0.4) is 0 Å². The second-order valence-electron chi connectivity index (χ2n) is 4.32. The second kappa shape index (κ2) is 4.96. The first-order valence-corrected chi connectivity index (χ1v) is 5.95.